The minimum absolute atomic E-state index is 0.833. The van der Waals surface area contributed by atoms with Gasteiger partial charge in [0.25, 0.3) is 17.9 Å². The Balaban J connectivity index is -0.0000000492. The third kappa shape index (κ3) is 365. The van der Waals surface area contributed by atoms with Crippen molar-refractivity contribution in [3.05, 3.63) is 0 Å². The molecule has 3 N–H and O–H groups in total. The van der Waals surface area contributed by atoms with Crippen LogP contribution < -0.4 is 0 Å². The molecule has 0 heterocycles. The number of carboxylic acids is 3. The molecule has 0 aliphatic rings. The predicted molar refractivity (Wildman–Crippen MR) is 51.3 cm³/mol. The van der Waals surface area contributed by atoms with Gasteiger partial charge < -0.3 is 15.3 Å². The Morgan fingerprint density at radius 1 is 0.643 bits per heavy atom. The fraction of sp³-hybridized carbons (Fsp3) is 0.625. The van der Waals surface area contributed by atoms with Crippen molar-refractivity contribution >= 4 is 17.9 Å². The van der Waals surface area contributed by atoms with Crippen molar-refractivity contribution in [3.63, 3.8) is 0 Å². The Kier molecular flexibility index (Phi) is 36.7. The average molecular weight is 210 g/mol. The third-order valence-electron chi connectivity index (χ3n) is 0. The molecule has 0 aliphatic carbocycles. The van der Waals surface area contributed by atoms with Crippen LogP contribution in [0.15, 0.2) is 0 Å². The molecule has 0 spiro atoms. The van der Waals surface area contributed by atoms with Crippen molar-refractivity contribution in [2.24, 2.45) is 0 Å². The van der Waals surface area contributed by atoms with Crippen LogP contribution in [-0.2, 0) is 14.4 Å². The fourth-order valence-electron chi connectivity index (χ4n) is 0. The normalized spacial score (nSPS) is 5.79. The summed E-state index contributed by atoms with van der Waals surface area (Å²) >= 11 is 0. The van der Waals surface area contributed by atoms with Crippen molar-refractivity contribution in [2.75, 3.05) is 0 Å². The second kappa shape index (κ2) is 22.5. The molecule has 0 rings (SSSR count). The Bertz CT molecular complexity index is 111. The van der Waals surface area contributed by atoms with Gasteiger partial charge in [-0.2, -0.15) is 0 Å². The molecule has 0 saturated carbocycles. The van der Waals surface area contributed by atoms with E-state index in [1.54, 1.807) is 0 Å². The van der Waals surface area contributed by atoms with E-state index in [9.17, 15) is 0 Å². The van der Waals surface area contributed by atoms with Gasteiger partial charge >= 0.3 is 0 Å². The van der Waals surface area contributed by atoms with E-state index < -0.39 is 17.9 Å². The van der Waals surface area contributed by atoms with Crippen LogP contribution in [0.4, 0.5) is 0 Å². The van der Waals surface area contributed by atoms with Gasteiger partial charge in [0.15, 0.2) is 0 Å². The molecule has 14 heavy (non-hydrogen) atoms. The highest BCUT2D eigenvalue weighted by Gasteiger charge is 1.66. The van der Waals surface area contributed by atoms with Gasteiger partial charge in [-0.15, -0.1) is 0 Å². The predicted octanol–water partition coefficient (Wildman–Crippen LogP) is 1.30. The summed E-state index contributed by atoms with van der Waals surface area (Å²) in [6, 6.07) is 0. The maximum absolute atomic E-state index is 9.00. The number of hydrogen-bond donors (Lipinski definition) is 3. The Morgan fingerprint density at radius 3 is 0.643 bits per heavy atom. The molecule has 6 heteroatoms. The minimum Gasteiger partial charge on any atom is -0.481 e. The summed E-state index contributed by atoms with van der Waals surface area (Å²) in [6.45, 7) is 7.25. The zero-order valence-corrected chi connectivity index (χ0v) is 9.07. The second-order valence-corrected chi connectivity index (χ2v) is 1.56. The molecule has 0 atom stereocenters. The van der Waals surface area contributed by atoms with Gasteiger partial charge in [-0.25, -0.2) is 0 Å². The molecule has 0 aromatic heterocycles. The lowest BCUT2D eigenvalue weighted by Gasteiger charge is -1.59. The molecular weight excluding hydrogens is 192 g/mol. The lowest BCUT2D eigenvalue weighted by Crippen LogP contribution is -1.78. The van der Waals surface area contributed by atoms with E-state index in [0.29, 0.717) is 0 Å². The highest BCUT2D eigenvalue weighted by atomic mass is 16.4. The van der Waals surface area contributed by atoms with E-state index >= 15 is 0 Å². The number of hydrogen-bond acceptors (Lipinski definition) is 3. The van der Waals surface area contributed by atoms with E-state index in [1.807, 2.05) is 13.8 Å². The summed E-state index contributed by atoms with van der Waals surface area (Å²) in [4.78, 5) is 27.0. The van der Waals surface area contributed by atoms with Crippen molar-refractivity contribution in [1.29, 1.82) is 0 Å². The summed E-state index contributed by atoms with van der Waals surface area (Å²) < 4.78 is 0. The smallest absolute Gasteiger partial charge is 0.300 e. The van der Waals surface area contributed by atoms with Crippen molar-refractivity contribution < 1.29 is 29.7 Å². The van der Waals surface area contributed by atoms with E-state index in [0.717, 1.165) is 20.8 Å². The summed E-state index contributed by atoms with van der Waals surface area (Å²) in [5, 5.41) is 22.2. The van der Waals surface area contributed by atoms with Crippen LogP contribution in [0.5, 0.6) is 0 Å². The van der Waals surface area contributed by atoms with Crippen LogP contribution in [0.3, 0.4) is 0 Å². The topological polar surface area (TPSA) is 112 Å². The van der Waals surface area contributed by atoms with Crippen LogP contribution in [0, 0.1) is 0 Å². The Hall–Kier alpha value is -1.59. The van der Waals surface area contributed by atoms with Crippen LogP contribution >= 0.6 is 0 Å². The van der Waals surface area contributed by atoms with Gasteiger partial charge in [0, 0.05) is 20.8 Å². The van der Waals surface area contributed by atoms with Crippen molar-refractivity contribution in [3.8, 4) is 0 Å². The second-order valence-electron chi connectivity index (χ2n) is 1.56. The van der Waals surface area contributed by atoms with Crippen LogP contribution in [0.2, 0.25) is 0 Å². The average Bonchev–Trinajstić information content (AvgIpc) is 1.86. The van der Waals surface area contributed by atoms with Crippen LogP contribution in [0.25, 0.3) is 0 Å². The molecule has 0 unspecified atom stereocenters. The van der Waals surface area contributed by atoms with Crippen LogP contribution in [-0.4, -0.2) is 33.2 Å². The summed E-state index contributed by atoms with van der Waals surface area (Å²) in [5.74, 6) is -2.50. The molecule has 0 aromatic carbocycles. The highest BCUT2D eigenvalue weighted by Crippen LogP contribution is 1.42. The molecule has 0 amide bonds. The van der Waals surface area contributed by atoms with Gasteiger partial charge in [0.1, 0.15) is 0 Å². The van der Waals surface area contributed by atoms with Gasteiger partial charge in [-0.3, -0.25) is 14.4 Å². The first-order valence-electron chi connectivity index (χ1n) is 3.78. The quantitative estimate of drug-likeness (QED) is 0.555. The molecule has 0 aliphatic heterocycles. The SMILES string of the molecule is CC.CC(=O)O.CC(=O)O.CC(=O)O. The Morgan fingerprint density at radius 2 is 0.643 bits per heavy atom. The molecule has 0 bridgehead atoms. The third-order valence-corrected chi connectivity index (χ3v) is 0. The molecule has 0 aromatic rings. The van der Waals surface area contributed by atoms with Gasteiger partial charge in [0.2, 0.25) is 0 Å². The molecule has 0 fully saturated rings. The summed E-state index contributed by atoms with van der Waals surface area (Å²) in [6.07, 6.45) is 0. The van der Waals surface area contributed by atoms with Gasteiger partial charge in [-0.05, 0) is 0 Å². The molecule has 0 radical (unpaired) electrons. The van der Waals surface area contributed by atoms with E-state index in [1.165, 1.54) is 0 Å². The van der Waals surface area contributed by atoms with Crippen LogP contribution in [0.1, 0.15) is 34.6 Å². The maximum atomic E-state index is 9.00. The number of aliphatic carboxylic acids is 3. The summed E-state index contributed by atoms with van der Waals surface area (Å²) in [5.41, 5.74) is 0. The number of carbonyl (C=O) groups is 3. The first-order chi connectivity index (χ1) is 6.20. The lowest BCUT2D eigenvalue weighted by atomic mass is 10.9. The van der Waals surface area contributed by atoms with Gasteiger partial charge in [0.05, 0.1) is 0 Å². The Labute approximate surface area is 83.2 Å². The largest absolute Gasteiger partial charge is 0.481 e. The van der Waals surface area contributed by atoms with E-state index in [2.05, 4.69) is 0 Å². The molecule has 0 saturated heterocycles. The number of rotatable bonds is 0. The standard InChI is InChI=1S/3C2H4O2.C2H6/c3*1-2(3)4;1-2/h3*1H3,(H,3,4);1-2H3. The van der Waals surface area contributed by atoms with E-state index in [-0.39, 0.29) is 0 Å². The fourth-order valence-corrected chi connectivity index (χ4v) is 0. The zero-order valence-electron chi connectivity index (χ0n) is 9.07. The molecule has 6 nitrogen and oxygen atoms in total. The first kappa shape index (κ1) is 22.8. The zero-order chi connectivity index (χ0) is 12.7. The first-order valence-corrected chi connectivity index (χ1v) is 3.78. The highest BCUT2D eigenvalue weighted by molar-refractivity contribution is 5.63. The molecular formula is C8H18O6. The summed E-state index contributed by atoms with van der Waals surface area (Å²) in [7, 11) is 0. The maximum Gasteiger partial charge on any atom is 0.300 e. The number of carboxylic acid groups (broad SMARTS) is 3. The lowest BCUT2D eigenvalue weighted by molar-refractivity contribution is -0.135. The van der Waals surface area contributed by atoms with Crippen molar-refractivity contribution in [1.82, 2.24) is 0 Å². The molecule has 86 valence electrons. The van der Waals surface area contributed by atoms with Gasteiger partial charge in [-0.1, -0.05) is 13.8 Å². The minimum atomic E-state index is -0.833. The monoisotopic (exact) mass is 210 g/mol. The van der Waals surface area contributed by atoms with E-state index in [4.69, 9.17) is 29.7 Å². The van der Waals surface area contributed by atoms with Crippen molar-refractivity contribution in [2.45, 2.75) is 34.6 Å².